The normalized spacial score (nSPS) is 28.7. The van der Waals surface area contributed by atoms with E-state index in [2.05, 4.69) is 19.2 Å². The van der Waals surface area contributed by atoms with Gasteiger partial charge in [0, 0.05) is 6.42 Å². The highest BCUT2D eigenvalue weighted by atomic mass is 16.8. The minimum atomic E-state index is -1.97. The number of hydrogen-bond donors (Lipinski definition) is 12. The van der Waals surface area contributed by atoms with E-state index in [1.54, 1.807) is 0 Å². The van der Waals surface area contributed by atoms with Crippen LogP contribution in [0.25, 0.3) is 0 Å². The van der Waals surface area contributed by atoms with E-state index in [4.69, 9.17) is 28.4 Å². The number of rotatable bonds is 55. The Labute approximate surface area is 519 Å². The van der Waals surface area contributed by atoms with Crippen molar-refractivity contribution in [3.8, 4) is 0 Å². The second-order valence-electron chi connectivity index (χ2n) is 25.7. The smallest absolute Gasteiger partial charge is 0.220 e. The molecule has 17 unspecified atom stereocenters. The number of ether oxygens (including phenoxy) is 6. The van der Waals surface area contributed by atoms with Crippen LogP contribution >= 0.6 is 0 Å². The van der Waals surface area contributed by atoms with Crippen molar-refractivity contribution in [2.45, 2.75) is 394 Å². The summed E-state index contributed by atoms with van der Waals surface area (Å²) in [5, 5.41) is 120. The number of aliphatic hydroxyl groups excluding tert-OH is 11. The first-order valence-corrected chi connectivity index (χ1v) is 35.3. The van der Waals surface area contributed by atoms with Crippen molar-refractivity contribution in [2.75, 3.05) is 26.4 Å². The second-order valence-corrected chi connectivity index (χ2v) is 25.7. The summed E-state index contributed by atoms with van der Waals surface area (Å²) in [5.41, 5.74) is 0. The zero-order valence-corrected chi connectivity index (χ0v) is 53.8. The van der Waals surface area contributed by atoms with Crippen LogP contribution < -0.4 is 5.32 Å². The van der Waals surface area contributed by atoms with Crippen molar-refractivity contribution in [3.05, 3.63) is 0 Å². The number of amides is 1. The molecule has 3 heterocycles. The van der Waals surface area contributed by atoms with E-state index >= 15 is 0 Å². The molecule has 3 fully saturated rings. The fraction of sp³-hybridized carbons (Fsp3) is 0.985. The molecule has 0 aromatic rings. The van der Waals surface area contributed by atoms with E-state index in [1.165, 1.54) is 212 Å². The lowest BCUT2D eigenvalue weighted by atomic mass is 9.96. The summed E-state index contributed by atoms with van der Waals surface area (Å²) in [5.74, 6) is -0.237. The molecule has 0 aromatic carbocycles. The minimum absolute atomic E-state index is 0.237. The predicted octanol–water partition coefficient (Wildman–Crippen LogP) is 9.11. The number of unbranched alkanes of at least 4 members (excludes halogenated alkanes) is 39. The molecule has 3 rings (SSSR count). The molecule has 3 saturated heterocycles. The first kappa shape index (κ1) is 79.0. The molecular weight excluding hydrogens is 1110 g/mol. The number of aliphatic hydroxyl groups is 11. The molecule has 1 amide bonds. The van der Waals surface area contributed by atoms with Crippen molar-refractivity contribution >= 4 is 5.91 Å². The highest BCUT2D eigenvalue weighted by molar-refractivity contribution is 5.76. The molecule has 0 spiro atoms. The maximum absolute atomic E-state index is 13.4. The molecule has 3 aliphatic heterocycles. The lowest BCUT2D eigenvalue weighted by Crippen LogP contribution is -2.66. The van der Waals surface area contributed by atoms with Crippen molar-refractivity contribution in [3.63, 3.8) is 0 Å². The standard InChI is InChI=1S/C67H129NO18/c1-3-5-7-9-11-13-15-17-18-19-20-21-22-23-24-25-26-27-28-29-30-31-32-33-35-37-39-41-43-45-55(73)68-50(51(72)44-42-40-38-36-34-16-14-12-10-8-6-4-2)49-81-65-61(79)58(76)63(53(47-70)83-65)86-67-62(80)59(77)64(54(48-71)84-67)85-66-60(78)57(75)56(74)52(46-69)82-66/h50-54,56-67,69-72,74-80H,3-49H2,1-2H3,(H,68,73). The van der Waals surface area contributed by atoms with Crippen LogP contribution in [0.3, 0.4) is 0 Å². The monoisotopic (exact) mass is 1240 g/mol. The van der Waals surface area contributed by atoms with Crippen molar-refractivity contribution in [1.29, 1.82) is 0 Å². The van der Waals surface area contributed by atoms with Crippen LogP contribution in [0.2, 0.25) is 0 Å². The summed E-state index contributed by atoms with van der Waals surface area (Å²) in [4.78, 5) is 13.4. The Kier molecular flexibility index (Phi) is 46.3. The highest BCUT2D eigenvalue weighted by Gasteiger charge is 2.53. The molecule has 0 radical (unpaired) electrons. The summed E-state index contributed by atoms with van der Waals surface area (Å²) < 4.78 is 34.4. The Balaban J connectivity index is 1.36. The van der Waals surface area contributed by atoms with Crippen LogP contribution in [0, 0.1) is 0 Å². The number of hydrogen-bond acceptors (Lipinski definition) is 18. The maximum Gasteiger partial charge on any atom is 0.220 e. The van der Waals surface area contributed by atoms with E-state index in [9.17, 15) is 61.0 Å². The Bertz CT molecular complexity index is 1570. The van der Waals surface area contributed by atoms with E-state index in [0.29, 0.717) is 12.8 Å². The van der Waals surface area contributed by atoms with Gasteiger partial charge in [0.25, 0.3) is 0 Å². The topological polar surface area (TPSA) is 307 Å². The zero-order chi connectivity index (χ0) is 62.6. The number of nitrogens with one attached hydrogen (secondary N) is 1. The van der Waals surface area contributed by atoms with Gasteiger partial charge < -0.3 is 89.9 Å². The lowest BCUT2D eigenvalue weighted by molar-refractivity contribution is -0.379. The number of carbonyl (C=O) groups is 1. The molecule has 86 heavy (non-hydrogen) atoms. The van der Waals surface area contributed by atoms with Gasteiger partial charge in [0.2, 0.25) is 5.91 Å². The molecule has 0 bridgehead atoms. The predicted molar refractivity (Wildman–Crippen MR) is 333 cm³/mol. The quantitative estimate of drug-likeness (QED) is 0.0253. The molecule has 19 heteroatoms. The number of carbonyl (C=O) groups excluding carboxylic acids is 1. The molecular formula is C67H129NO18. The third-order valence-electron chi connectivity index (χ3n) is 18.2. The van der Waals surface area contributed by atoms with Crippen molar-refractivity contribution in [1.82, 2.24) is 5.32 Å². The lowest BCUT2D eigenvalue weighted by Gasteiger charge is -2.48. The highest BCUT2D eigenvalue weighted by Crippen LogP contribution is 2.33. The van der Waals surface area contributed by atoms with Gasteiger partial charge in [-0.25, -0.2) is 0 Å². The molecule has 0 saturated carbocycles. The van der Waals surface area contributed by atoms with Gasteiger partial charge in [-0.1, -0.05) is 271 Å². The maximum atomic E-state index is 13.4. The molecule has 17 atom stereocenters. The van der Waals surface area contributed by atoms with Crippen LogP contribution in [-0.4, -0.2) is 193 Å². The zero-order valence-electron chi connectivity index (χ0n) is 53.8. The average Bonchev–Trinajstić information content (AvgIpc) is 2.62. The Hall–Kier alpha value is -1.21. The molecule has 19 nitrogen and oxygen atoms in total. The van der Waals surface area contributed by atoms with Gasteiger partial charge in [-0.15, -0.1) is 0 Å². The Morgan fingerprint density at radius 3 is 1.01 bits per heavy atom. The van der Waals surface area contributed by atoms with E-state index in [0.717, 1.165) is 44.9 Å². The van der Waals surface area contributed by atoms with Gasteiger partial charge in [0.1, 0.15) is 73.2 Å². The third-order valence-corrected chi connectivity index (χ3v) is 18.2. The van der Waals surface area contributed by atoms with Crippen LogP contribution in [0.15, 0.2) is 0 Å². The molecule has 0 aromatic heterocycles. The molecule has 3 aliphatic rings. The van der Waals surface area contributed by atoms with Gasteiger partial charge >= 0.3 is 0 Å². The van der Waals surface area contributed by atoms with Crippen LogP contribution in [0.4, 0.5) is 0 Å². The van der Waals surface area contributed by atoms with E-state index in [1.807, 2.05) is 0 Å². The molecule has 510 valence electrons. The largest absolute Gasteiger partial charge is 0.394 e. The van der Waals surface area contributed by atoms with Gasteiger partial charge in [0.15, 0.2) is 18.9 Å². The van der Waals surface area contributed by atoms with Crippen molar-refractivity contribution in [2.24, 2.45) is 0 Å². The SMILES string of the molecule is CCCCCCCCCCCCCCCCCCCCCCCCCCCCCCCC(=O)NC(COC1OC(CO)C(OC2OC(CO)C(OC3OC(CO)C(O)C(O)C3O)C(O)C2O)C(O)C1O)C(O)CCCCCCCCCCCCCC. The summed E-state index contributed by atoms with van der Waals surface area (Å²) in [6.45, 7) is 1.82. The van der Waals surface area contributed by atoms with Crippen molar-refractivity contribution < 1.29 is 89.4 Å². The fourth-order valence-corrected chi connectivity index (χ4v) is 12.4. The fourth-order valence-electron chi connectivity index (χ4n) is 12.4. The van der Waals surface area contributed by atoms with Gasteiger partial charge in [-0.05, 0) is 12.8 Å². The van der Waals surface area contributed by atoms with Gasteiger partial charge in [-0.2, -0.15) is 0 Å². The van der Waals surface area contributed by atoms with Crippen LogP contribution in [-0.2, 0) is 33.2 Å². The molecule has 0 aliphatic carbocycles. The second kappa shape index (κ2) is 50.4. The third kappa shape index (κ3) is 32.4. The first-order valence-electron chi connectivity index (χ1n) is 35.3. The van der Waals surface area contributed by atoms with Gasteiger partial charge in [0.05, 0.1) is 38.6 Å². The molecule has 12 N–H and O–H groups in total. The summed E-state index contributed by atoms with van der Waals surface area (Å²) in [7, 11) is 0. The Morgan fingerprint density at radius 1 is 0.372 bits per heavy atom. The minimum Gasteiger partial charge on any atom is -0.394 e. The average molecular weight is 1240 g/mol. The van der Waals surface area contributed by atoms with E-state index in [-0.39, 0.29) is 18.9 Å². The summed E-state index contributed by atoms with van der Waals surface area (Å²) >= 11 is 0. The van der Waals surface area contributed by atoms with E-state index < -0.39 is 124 Å². The summed E-state index contributed by atoms with van der Waals surface area (Å²) in [6.07, 6.45) is 26.4. The van der Waals surface area contributed by atoms with Gasteiger partial charge in [-0.3, -0.25) is 4.79 Å². The Morgan fingerprint density at radius 2 is 0.663 bits per heavy atom. The van der Waals surface area contributed by atoms with Crippen LogP contribution in [0.1, 0.15) is 290 Å². The first-order chi connectivity index (χ1) is 41.8. The van der Waals surface area contributed by atoms with Crippen LogP contribution in [0.5, 0.6) is 0 Å². The summed E-state index contributed by atoms with van der Waals surface area (Å²) in [6, 6.07) is -0.880.